The van der Waals surface area contributed by atoms with Gasteiger partial charge in [0.1, 0.15) is 5.78 Å². The van der Waals surface area contributed by atoms with Crippen LogP contribution in [0.25, 0.3) is 0 Å². The fraction of sp³-hybridized carbons (Fsp3) is 1.00. The van der Waals surface area contributed by atoms with Gasteiger partial charge in [-0.1, -0.05) is 0 Å². The molecule has 0 aromatic heterocycles. The smallest absolute Gasteiger partial charge is 0.118 e. The lowest BCUT2D eigenvalue weighted by Crippen LogP contribution is -2.35. The summed E-state index contributed by atoms with van der Waals surface area (Å²) >= 11 is 0. The summed E-state index contributed by atoms with van der Waals surface area (Å²) < 4.78 is 0. The van der Waals surface area contributed by atoms with Crippen molar-refractivity contribution in [2.45, 2.75) is 25.0 Å². The number of hydrogen-bond donors (Lipinski definition) is 1. The molecular formula is C8H19NP+. The topological polar surface area (TPSA) is 12.0 Å². The van der Waals surface area contributed by atoms with Crippen molar-refractivity contribution in [2.75, 3.05) is 26.5 Å². The summed E-state index contributed by atoms with van der Waals surface area (Å²) in [6, 6.07) is 0. The molecule has 1 fully saturated rings. The maximum Gasteiger partial charge on any atom is 0.118 e. The zero-order valence-electron chi connectivity index (χ0n) is 7.35. The van der Waals surface area contributed by atoms with Crippen LogP contribution in [0.2, 0.25) is 0 Å². The second-order valence-electron chi connectivity index (χ2n) is 4.08. The zero-order chi connectivity index (χ0) is 7.61. The van der Waals surface area contributed by atoms with Gasteiger partial charge < -0.3 is 0 Å². The molecule has 1 heterocycles. The highest BCUT2D eigenvalue weighted by atomic mass is 31.2. The van der Waals surface area contributed by atoms with Gasteiger partial charge in [-0.15, -0.1) is 0 Å². The molecule has 1 nitrogen and oxygen atoms in total. The van der Waals surface area contributed by atoms with E-state index >= 15 is 0 Å². The van der Waals surface area contributed by atoms with Gasteiger partial charge in [-0.25, -0.2) is 0 Å². The minimum atomic E-state index is -0.602. The van der Waals surface area contributed by atoms with E-state index in [1.165, 1.54) is 25.8 Å². The Labute approximate surface area is 64.9 Å². The van der Waals surface area contributed by atoms with Crippen LogP contribution in [-0.4, -0.2) is 32.3 Å². The van der Waals surface area contributed by atoms with Crippen LogP contribution >= 0.6 is 7.26 Å². The van der Waals surface area contributed by atoms with Crippen LogP contribution in [0.4, 0.5) is 0 Å². The first kappa shape index (κ1) is 8.49. The van der Waals surface area contributed by atoms with E-state index in [-0.39, 0.29) is 0 Å². The van der Waals surface area contributed by atoms with Gasteiger partial charge in [-0.05, 0) is 25.8 Å². The van der Waals surface area contributed by atoms with Crippen LogP contribution in [0.15, 0.2) is 0 Å². The maximum atomic E-state index is 3.61. The van der Waals surface area contributed by atoms with Crippen LogP contribution in [0, 0.1) is 0 Å². The molecule has 0 radical (unpaired) electrons. The molecule has 1 aliphatic heterocycles. The SMILES string of the molecule is C[P+](C)(C)C1CCCCN1. The normalized spacial score (nSPS) is 28.5. The molecule has 0 bridgehead atoms. The number of nitrogens with one attached hydrogen (secondary N) is 1. The molecule has 0 amide bonds. The van der Waals surface area contributed by atoms with Crippen LogP contribution in [-0.2, 0) is 0 Å². The molecule has 1 unspecified atom stereocenters. The van der Waals surface area contributed by atoms with Gasteiger partial charge in [0.2, 0.25) is 0 Å². The monoisotopic (exact) mass is 160 g/mol. The van der Waals surface area contributed by atoms with Crippen molar-refractivity contribution < 1.29 is 0 Å². The van der Waals surface area contributed by atoms with Gasteiger partial charge in [0.15, 0.2) is 0 Å². The molecule has 1 N–H and O–H groups in total. The van der Waals surface area contributed by atoms with Crippen LogP contribution in [0.1, 0.15) is 19.3 Å². The first-order valence-electron chi connectivity index (χ1n) is 4.15. The average molecular weight is 160 g/mol. The van der Waals surface area contributed by atoms with Gasteiger partial charge in [0.25, 0.3) is 0 Å². The van der Waals surface area contributed by atoms with Crippen LogP contribution in [0.3, 0.4) is 0 Å². The highest BCUT2D eigenvalue weighted by Crippen LogP contribution is 2.53. The van der Waals surface area contributed by atoms with E-state index < -0.39 is 7.26 Å². The van der Waals surface area contributed by atoms with E-state index in [9.17, 15) is 0 Å². The quantitative estimate of drug-likeness (QED) is 0.578. The van der Waals surface area contributed by atoms with E-state index in [1.54, 1.807) is 0 Å². The Balaban J connectivity index is 2.39. The third-order valence-corrected chi connectivity index (χ3v) is 4.53. The molecule has 1 aliphatic rings. The van der Waals surface area contributed by atoms with E-state index in [4.69, 9.17) is 0 Å². The predicted octanol–water partition coefficient (Wildman–Crippen LogP) is 1.99. The van der Waals surface area contributed by atoms with Crippen molar-refractivity contribution in [1.29, 1.82) is 0 Å². The average Bonchev–Trinajstić information content (AvgIpc) is 1.88. The van der Waals surface area contributed by atoms with Crippen LogP contribution < -0.4 is 5.32 Å². The number of piperidine rings is 1. The molecule has 0 spiro atoms. The Morgan fingerprint density at radius 1 is 1.20 bits per heavy atom. The van der Waals surface area contributed by atoms with E-state index in [1.807, 2.05) is 0 Å². The molecule has 0 aromatic rings. The van der Waals surface area contributed by atoms with Gasteiger partial charge >= 0.3 is 0 Å². The molecule has 1 atom stereocenters. The van der Waals surface area contributed by atoms with E-state index in [0.29, 0.717) is 0 Å². The fourth-order valence-corrected chi connectivity index (χ4v) is 3.13. The molecule has 1 rings (SSSR count). The van der Waals surface area contributed by atoms with Crippen molar-refractivity contribution in [3.8, 4) is 0 Å². The second kappa shape index (κ2) is 3.19. The molecule has 0 aromatic carbocycles. The lowest BCUT2D eigenvalue weighted by Gasteiger charge is -2.28. The van der Waals surface area contributed by atoms with Crippen molar-refractivity contribution in [1.82, 2.24) is 5.32 Å². The van der Waals surface area contributed by atoms with Crippen LogP contribution in [0.5, 0.6) is 0 Å². The van der Waals surface area contributed by atoms with Crippen molar-refractivity contribution in [2.24, 2.45) is 0 Å². The van der Waals surface area contributed by atoms with E-state index in [2.05, 4.69) is 25.3 Å². The first-order chi connectivity index (χ1) is 4.61. The van der Waals surface area contributed by atoms with Gasteiger partial charge in [0.05, 0.1) is 0 Å². The highest BCUT2D eigenvalue weighted by molar-refractivity contribution is 7.74. The van der Waals surface area contributed by atoms with Gasteiger partial charge in [-0.3, -0.25) is 5.32 Å². The van der Waals surface area contributed by atoms with Gasteiger partial charge in [0, 0.05) is 27.3 Å². The lowest BCUT2D eigenvalue weighted by atomic mass is 10.2. The minimum Gasteiger partial charge on any atom is -0.283 e. The summed E-state index contributed by atoms with van der Waals surface area (Å²) in [5.41, 5.74) is 0. The van der Waals surface area contributed by atoms with Crippen molar-refractivity contribution in [3.05, 3.63) is 0 Å². The Morgan fingerprint density at radius 3 is 2.20 bits per heavy atom. The predicted molar refractivity (Wildman–Crippen MR) is 50.3 cm³/mol. The molecule has 0 aliphatic carbocycles. The van der Waals surface area contributed by atoms with Crippen molar-refractivity contribution in [3.63, 3.8) is 0 Å². The molecular weight excluding hydrogens is 141 g/mol. The molecule has 10 heavy (non-hydrogen) atoms. The summed E-state index contributed by atoms with van der Waals surface area (Å²) in [6.07, 6.45) is 4.24. The summed E-state index contributed by atoms with van der Waals surface area (Å²) in [6.45, 7) is 8.53. The maximum absolute atomic E-state index is 3.61. The summed E-state index contributed by atoms with van der Waals surface area (Å²) in [4.78, 5) is 0. The number of hydrogen-bond acceptors (Lipinski definition) is 1. The molecule has 2 heteroatoms. The second-order valence-corrected chi connectivity index (χ2v) is 8.94. The Morgan fingerprint density at radius 2 is 1.90 bits per heavy atom. The third-order valence-electron chi connectivity index (χ3n) is 2.22. The number of rotatable bonds is 1. The fourth-order valence-electron chi connectivity index (χ4n) is 1.49. The summed E-state index contributed by atoms with van der Waals surface area (Å²) in [5, 5.41) is 3.61. The zero-order valence-corrected chi connectivity index (χ0v) is 8.25. The highest BCUT2D eigenvalue weighted by Gasteiger charge is 2.31. The summed E-state index contributed by atoms with van der Waals surface area (Å²) in [7, 11) is -0.602. The third kappa shape index (κ3) is 2.21. The largest absolute Gasteiger partial charge is 0.283 e. The minimum absolute atomic E-state index is 0.602. The standard InChI is InChI=1S/C8H19NP/c1-10(2,3)8-6-4-5-7-9-8/h8-9H,4-7H2,1-3H3/q+1. The van der Waals surface area contributed by atoms with Crippen molar-refractivity contribution >= 4 is 7.26 Å². The molecule has 60 valence electrons. The lowest BCUT2D eigenvalue weighted by molar-refractivity contribution is 0.484. The first-order valence-corrected chi connectivity index (χ1v) is 7.35. The molecule has 0 saturated carbocycles. The Hall–Kier alpha value is 0.390. The van der Waals surface area contributed by atoms with Gasteiger partial charge in [-0.2, -0.15) is 0 Å². The Kier molecular flexibility index (Phi) is 2.71. The summed E-state index contributed by atoms with van der Waals surface area (Å²) in [5.74, 6) is 0.862. The van der Waals surface area contributed by atoms with E-state index in [0.717, 1.165) is 5.78 Å². The Bertz CT molecular complexity index is 100. The molecule has 1 saturated heterocycles.